The molecule has 0 aliphatic heterocycles. The molecule has 2 rings (SSSR count). The van der Waals surface area contributed by atoms with Gasteiger partial charge in [-0.3, -0.25) is 0 Å². The first kappa shape index (κ1) is 12.7. The molecule has 3 nitrogen and oxygen atoms in total. The van der Waals surface area contributed by atoms with Crippen LogP contribution in [-0.2, 0) is 6.42 Å². The van der Waals surface area contributed by atoms with Crippen LogP contribution in [0, 0.1) is 6.92 Å². The third-order valence-electron chi connectivity index (χ3n) is 3.07. The molecule has 1 heterocycles. The molecule has 0 aliphatic rings. The molecule has 1 aromatic carbocycles. The number of para-hydroxylation sites is 1. The van der Waals surface area contributed by atoms with Crippen molar-refractivity contribution in [2.24, 2.45) is 0 Å². The summed E-state index contributed by atoms with van der Waals surface area (Å²) < 4.78 is 11.1. The predicted molar refractivity (Wildman–Crippen MR) is 71.9 cm³/mol. The van der Waals surface area contributed by atoms with Crippen LogP contribution in [0.2, 0.25) is 0 Å². The van der Waals surface area contributed by atoms with Crippen molar-refractivity contribution in [2.75, 3.05) is 14.2 Å². The van der Waals surface area contributed by atoms with Gasteiger partial charge in [-0.1, -0.05) is 18.2 Å². The van der Waals surface area contributed by atoms with Crippen LogP contribution < -0.4 is 10.1 Å². The van der Waals surface area contributed by atoms with Gasteiger partial charge in [-0.15, -0.1) is 0 Å². The van der Waals surface area contributed by atoms with E-state index in [0.717, 1.165) is 23.7 Å². The average Bonchev–Trinajstić information content (AvgIpc) is 2.83. The zero-order valence-electron chi connectivity index (χ0n) is 11.1. The van der Waals surface area contributed by atoms with Gasteiger partial charge in [-0.25, -0.2) is 0 Å². The maximum atomic E-state index is 5.68. The van der Waals surface area contributed by atoms with Crippen LogP contribution in [0.15, 0.2) is 40.8 Å². The number of hydrogen-bond acceptors (Lipinski definition) is 3. The second kappa shape index (κ2) is 5.74. The topological polar surface area (TPSA) is 34.4 Å². The second-order valence-corrected chi connectivity index (χ2v) is 4.31. The summed E-state index contributed by atoms with van der Waals surface area (Å²) in [6.07, 6.45) is 0.841. The minimum Gasteiger partial charge on any atom is -0.496 e. The van der Waals surface area contributed by atoms with Crippen molar-refractivity contribution in [3.63, 3.8) is 0 Å². The Kier molecular flexibility index (Phi) is 4.05. The van der Waals surface area contributed by atoms with Gasteiger partial charge in [-0.05, 0) is 44.2 Å². The lowest BCUT2D eigenvalue weighted by atomic mass is 10.0. The number of likely N-dealkylation sites (N-methyl/N-ethyl adjacent to an activating group) is 1. The van der Waals surface area contributed by atoms with Gasteiger partial charge in [0, 0.05) is 0 Å². The van der Waals surface area contributed by atoms with Gasteiger partial charge in [-0.2, -0.15) is 0 Å². The van der Waals surface area contributed by atoms with E-state index in [2.05, 4.69) is 11.4 Å². The third kappa shape index (κ3) is 2.74. The highest BCUT2D eigenvalue weighted by Crippen LogP contribution is 2.25. The van der Waals surface area contributed by atoms with Gasteiger partial charge in [0.25, 0.3) is 0 Å². The van der Waals surface area contributed by atoms with E-state index in [1.165, 1.54) is 5.56 Å². The fraction of sp³-hybridized carbons (Fsp3) is 0.333. The van der Waals surface area contributed by atoms with E-state index in [9.17, 15) is 0 Å². The summed E-state index contributed by atoms with van der Waals surface area (Å²) in [5.41, 5.74) is 1.17. The van der Waals surface area contributed by atoms with Crippen molar-refractivity contribution in [2.45, 2.75) is 19.4 Å². The molecular formula is C15H19NO2. The van der Waals surface area contributed by atoms with Crippen molar-refractivity contribution in [1.82, 2.24) is 5.32 Å². The number of aryl methyl sites for hydroxylation is 1. The molecule has 0 saturated carbocycles. The van der Waals surface area contributed by atoms with Crippen LogP contribution in [0.4, 0.5) is 0 Å². The zero-order valence-corrected chi connectivity index (χ0v) is 11.1. The van der Waals surface area contributed by atoms with Gasteiger partial charge in [0.05, 0.1) is 13.2 Å². The number of methoxy groups -OCH3 is 1. The monoisotopic (exact) mass is 245 g/mol. The van der Waals surface area contributed by atoms with Gasteiger partial charge in [0.2, 0.25) is 0 Å². The smallest absolute Gasteiger partial charge is 0.122 e. The summed E-state index contributed by atoms with van der Waals surface area (Å²) in [7, 11) is 3.64. The molecule has 0 aliphatic carbocycles. The normalized spacial score (nSPS) is 12.4. The van der Waals surface area contributed by atoms with E-state index in [1.807, 2.05) is 44.3 Å². The second-order valence-electron chi connectivity index (χ2n) is 4.31. The summed E-state index contributed by atoms with van der Waals surface area (Å²) in [6, 6.07) is 12.2. The Morgan fingerprint density at radius 2 is 2.00 bits per heavy atom. The fourth-order valence-corrected chi connectivity index (χ4v) is 2.08. The first-order chi connectivity index (χ1) is 8.74. The Bertz CT molecular complexity index is 505. The number of furan rings is 1. The largest absolute Gasteiger partial charge is 0.496 e. The van der Waals surface area contributed by atoms with Crippen molar-refractivity contribution in [1.29, 1.82) is 0 Å². The highest BCUT2D eigenvalue weighted by molar-refractivity contribution is 5.34. The molecule has 0 radical (unpaired) electrons. The molecule has 3 heteroatoms. The lowest BCUT2D eigenvalue weighted by Crippen LogP contribution is -2.18. The third-order valence-corrected chi connectivity index (χ3v) is 3.07. The minimum absolute atomic E-state index is 0.162. The first-order valence-corrected chi connectivity index (χ1v) is 6.10. The Morgan fingerprint density at radius 1 is 1.22 bits per heavy atom. The van der Waals surface area contributed by atoms with Crippen molar-refractivity contribution in [3.8, 4) is 5.75 Å². The van der Waals surface area contributed by atoms with Crippen LogP contribution in [0.25, 0.3) is 0 Å². The number of nitrogens with one attached hydrogen (secondary N) is 1. The van der Waals surface area contributed by atoms with Gasteiger partial charge < -0.3 is 14.5 Å². The molecule has 1 aromatic heterocycles. The summed E-state index contributed by atoms with van der Waals surface area (Å²) in [5, 5.41) is 3.28. The molecule has 0 spiro atoms. The van der Waals surface area contributed by atoms with E-state index in [0.29, 0.717) is 0 Å². The van der Waals surface area contributed by atoms with Crippen LogP contribution in [0.3, 0.4) is 0 Å². The fourth-order valence-electron chi connectivity index (χ4n) is 2.08. The van der Waals surface area contributed by atoms with Crippen LogP contribution >= 0.6 is 0 Å². The molecule has 1 atom stereocenters. The summed E-state index contributed by atoms with van der Waals surface area (Å²) >= 11 is 0. The number of hydrogen-bond donors (Lipinski definition) is 1. The average molecular weight is 245 g/mol. The molecule has 0 bridgehead atoms. The molecule has 96 valence electrons. The van der Waals surface area contributed by atoms with E-state index in [4.69, 9.17) is 9.15 Å². The van der Waals surface area contributed by atoms with Gasteiger partial charge in [0.15, 0.2) is 0 Å². The highest BCUT2D eigenvalue weighted by atomic mass is 16.5. The maximum Gasteiger partial charge on any atom is 0.122 e. The number of ether oxygens (including phenoxy) is 1. The van der Waals surface area contributed by atoms with Gasteiger partial charge in [0.1, 0.15) is 17.3 Å². The molecule has 2 aromatic rings. The molecule has 0 fully saturated rings. The lowest BCUT2D eigenvalue weighted by Gasteiger charge is -2.15. The lowest BCUT2D eigenvalue weighted by molar-refractivity contribution is 0.393. The van der Waals surface area contributed by atoms with E-state index < -0.39 is 0 Å². The van der Waals surface area contributed by atoms with Crippen molar-refractivity contribution >= 4 is 0 Å². The van der Waals surface area contributed by atoms with Crippen LogP contribution in [0.5, 0.6) is 5.75 Å². The van der Waals surface area contributed by atoms with Crippen molar-refractivity contribution in [3.05, 3.63) is 53.5 Å². The molecule has 0 amide bonds. The molecule has 1 unspecified atom stereocenters. The summed E-state index contributed by atoms with van der Waals surface area (Å²) in [4.78, 5) is 0. The van der Waals surface area contributed by atoms with Crippen molar-refractivity contribution < 1.29 is 9.15 Å². The summed E-state index contributed by atoms with van der Waals surface area (Å²) in [6.45, 7) is 1.96. The Hall–Kier alpha value is -1.74. The standard InChI is InChI=1S/C15H19NO2/c1-11-8-9-15(18-11)13(16-2)10-12-6-4-5-7-14(12)17-3/h4-9,13,16H,10H2,1-3H3. The Balaban J connectivity index is 2.20. The van der Waals surface area contributed by atoms with E-state index in [-0.39, 0.29) is 6.04 Å². The number of rotatable bonds is 5. The van der Waals surface area contributed by atoms with Crippen LogP contribution in [0.1, 0.15) is 23.1 Å². The SMILES string of the molecule is CNC(Cc1ccccc1OC)c1ccc(C)o1. The van der Waals surface area contributed by atoms with Crippen LogP contribution in [-0.4, -0.2) is 14.2 Å². The predicted octanol–water partition coefficient (Wildman–Crippen LogP) is 3.10. The summed E-state index contributed by atoms with van der Waals surface area (Å²) in [5.74, 6) is 2.81. The number of benzene rings is 1. The highest BCUT2D eigenvalue weighted by Gasteiger charge is 2.15. The molecule has 1 N–H and O–H groups in total. The van der Waals surface area contributed by atoms with Gasteiger partial charge >= 0.3 is 0 Å². The quantitative estimate of drug-likeness (QED) is 0.879. The molecule has 18 heavy (non-hydrogen) atoms. The van der Waals surface area contributed by atoms with E-state index >= 15 is 0 Å². The molecular weight excluding hydrogens is 226 g/mol. The first-order valence-electron chi connectivity index (χ1n) is 6.10. The maximum absolute atomic E-state index is 5.68. The molecule has 0 saturated heterocycles. The Labute approximate surface area is 108 Å². The Morgan fingerprint density at radius 3 is 2.61 bits per heavy atom. The minimum atomic E-state index is 0.162. The van der Waals surface area contributed by atoms with E-state index in [1.54, 1.807) is 7.11 Å². The zero-order chi connectivity index (χ0) is 13.0.